The van der Waals surface area contributed by atoms with Gasteiger partial charge in [0.25, 0.3) is 5.91 Å². The number of carbonyl (C=O) groups is 1. The van der Waals surface area contributed by atoms with Crippen LogP contribution in [0.3, 0.4) is 0 Å². The Morgan fingerprint density at radius 1 is 1.47 bits per heavy atom. The topological polar surface area (TPSA) is 49.8 Å². The van der Waals surface area contributed by atoms with Crippen LogP contribution in [0.2, 0.25) is 0 Å². The van der Waals surface area contributed by atoms with E-state index in [1.54, 1.807) is 11.8 Å². The van der Waals surface area contributed by atoms with E-state index in [1.807, 2.05) is 24.3 Å². The lowest BCUT2D eigenvalue weighted by Crippen LogP contribution is -2.46. The van der Waals surface area contributed by atoms with Gasteiger partial charge in [-0.1, -0.05) is 18.2 Å². The van der Waals surface area contributed by atoms with Crippen LogP contribution in [-0.2, 0) is 15.1 Å². The lowest BCUT2D eigenvalue weighted by molar-refractivity contribution is -0.127. The quantitative estimate of drug-likeness (QED) is 0.838. The Kier molecular flexibility index (Phi) is 3.07. The third kappa shape index (κ3) is 2.15. The van der Waals surface area contributed by atoms with E-state index >= 15 is 0 Å². The first-order valence-electron chi connectivity index (χ1n) is 6.84. The number of anilines is 1. The van der Waals surface area contributed by atoms with Crippen molar-refractivity contribution in [1.29, 1.82) is 0 Å². The van der Waals surface area contributed by atoms with Crippen LogP contribution in [0.1, 0.15) is 31.7 Å². The number of amides is 1. The number of fused-ring (bicyclic) bond motifs is 1. The molecule has 2 atom stereocenters. The molecule has 1 saturated heterocycles. The molecule has 0 aliphatic carbocycles. The highest BCUT2D eigenvalue weighted by atomic mass is 16.5. The van der Waals surface area contributed by atoms with Crippen LogP contribution in [-0.4, -0.2) is 30.3 Å². The standard InChI is InChI=1S/C15H19NO3/c1-15(18)8-9-16(12-6-3-2-5-11(12)15)14(17)13-7-4-10-19-13/h2-3,5-6,13,18H,4,7-10H2,1H3. The van der Waals surface area contributed by atoms with Crippen LogP contribution in [0.25, 0.3) is 0 Å². The maximum Gasteiger partial charge on any atom is 0.256 e. The summed E-state index contributed by atoms with van der Waals surface area (Å²) >= 11 is 0. The number of ether oxygens (including phenoxy) is 1. The van der Waals surface area contributed by atoms with E-state index in [-0.39, 0.29) is 12.0 Å². The lowest BCUT2D eigenvalue weighted by Gasteiger charge is -2.38. The van der Waals surface area contributed by atoms with Crippen molar-refractivity contribution in [1.82, 2.24) is 0 Å². The summed E-state index contributed by atoms with van der Waals surface area (Å²) in [5, 5.41) is 10.4. The van der Waals surface area contributed by atoms with Crippen molar-refractivity contribution in [2.75, 3.05) is 18.1 Å². The van der Waals surface area contributed by atoms with Gasteiger partial charge >= 0.3 is 0 Å². The Morgan fingerprint density at radius 3 is 3.00 bits per heavy atom. The van der Waals surface area contributed by atoms with Gasteiger partial charge in [0.05, 0.1) is 5.60 Å². The largest absolute Gasteiger partial charge is 0.385 e. The third-order valence-corrected chi connectivity index (χ3v) is 4.07. The number of benzene rings is 1. The molecule has 102 valence electrons. The van der Waals surface area contributed by atoms with Crippen molar-refractivity contribution in [2.24, 2.45) is 0 Å². The van der Waals surface area contributed by atoms with Gasteiger partial charge in [0, 0.05) is 24.4 Å². The van der Waals surface area contributed by atoms with Gasteiger partial charge in [-0.25, -0.2) is 0 Å². The molecule has 2 aliphatic rings. The molecule has 1 amide bonds. The summed E-state index contributed by atoms with van der Waals surface area (Å²) in [7, 11) is 0. The molecular weight excluding hydrogens is 242 g/mol. The molecule has 0 spiro atoms. The van der Waals surface area contributed by atoms with Crippen LogP contribution in [0, 0.1) is 0 Å². The van der Waals surface area contributed by atoms with Crippen LogP contribution in [0.4, 0.5) is 5.69 Å². The summed E-state index contributed by atoms with van der Waals surface area (Å²) in [6, 6.07) is 7.59. The molecule has 1 N–H and O–H groups in total. The molecule has 0 bridgehead atoms. The molecule has 0 aromatic heterocycles. The average molecular weight is 261 g/mol. The smallest absolute Gasteiger partial charge is 0.256 e. The molecule has 2 aliphatic heterocycles. The maximum absolute atomic E-state index is 12.5. The highest BCUT2D eigenvalue weighted by Crippen LogP contribution is 2.38. The van der Waals surface area contributed by atoms with Crippen molar-refractivity contribution >= 4 is 11.6 Å². The molecule has 3 rings (SSSR count). The predicted molar refractivity (Wildman–Crippen MR) is 72.0 cm³/mol. The minimum atomic E-state index is -0.857. The van der Waals surface area contributed by atoms with E-state index in [2.05, 4.69) is 0 Å². The zero-order chi connectivity index (χ0) is 13.5. The molecule has 1 fully saturated rings. The van der Waals surface area contributed by atoms with Gasteiger partial charge in [-0.3, -0.25) is 4.79 Å². The summed E-state index contributed by atoms with van der Waals surface area (Å²) in [4.78, 5) is 14.3. The van der Waals surface area contributed by atoms with Crippen molar-refractivity contribution in [3.63, 3.8) is 0 Å². The fourth-order valence-corrected chi connectivity index (χ4v) is 2.92. The molecular formula is C15H19NO3. The fourth-order valence-electron chi connectivity index (χ4n) is 2.92. The third-order valence-electron chi connectivity index (χ3n) is 4.07. The first-order chi connectivity index (χ1) is 9.09. The van der Waals surface area contributed by atoms with E-state index in [0.29, 0.717) is 19.6 Å². The second-order valence-corrected chi connectivity index (χ2v) is 5.53. The van der Waals surface area contributed by atoms with Gasteiger partial charge in [0.2, 0.25) is 0 Å². The summed E-state index contributed by atoms with van der Waals surface area (Å²) in [6.45, 7) is 3.02. The first kappa shape index (κ1) is 12.6. The Bertz CT molecular complexity index is 492. The van der Waals surface area contributed by atoms with Crippen molar-refractivity contribution in [3.05, 3.63) is 29.8 Å². The Morgan fingerprint density at radius 2 is 2.26 bits per heavy atom. The van der Waals surface area contributed by atoms with Gasteiger partial charge in [-0.2, -0.15) is 0 Å². The Hall–Kier alpha value is -1.39. The van der Waals surface area contributed by atoms with Crippen LogP contribution in [0.5, 0.6) is 0 Å². The SMILES string of the molecule is CC1(O)CCN(C(=O)C2CCCO2)c2ccccc21. The number of rotatable bonds is 1. The van der Waals surface area contributed by atoms with E-state index in [9.17, 15) is 9.90 Å². The minimum Gasteiger partial charge on any atom is -0.385 e. The number of carbonyl (C=O) groups excluding carboxylic acids is 1. The number of hydrogen-bond donors (Lipinski definition) is 1. The van der Waals surface area contributed by atoms with E-state index in [1.165, 1.54) is 0 Å². The van der Waals surface area contributed by atoms with Gasteiger partial charge in [-0.05, 0) is 32.3 Å². The molecule has 1 aromatic rings. The molecule has 4 nitrogen and oxygen atoms in total. The maximum atomic E-state index is 12.5. The number of hydrogen-bond acceptors (Lipinski definition) is 3. The first-order valence-corrected chi connectivity index (χ1v) is 6.84. The summed E-state index contributed by atoms with van der Waals surface area (Å²) < 4.78 is 5.48. The average Bonchev–Trinajstić information content (AvgIpc) is 2.92. The Labute approximate surface area is 113 Å². The van der Waals surface area contributed by atoms with Gasteiger partial charge in [0.15, 0.2) is 0 Å². The summed E-state index contributed by atoms with van der Waals surface area (Å²) in [6.07, 6.45) is 2.00. The van der Waals surface area contributed by atoms with Crippen LogP contribution in [0.15, 0.2) is 24.3 Å². The molecule has 2 unspecified atom stereocenters. The predicted octanol–water partition coefficient (Wildman–Crippen LogP) is 1.81. The zero-order valence-corrected chi connectivity index (χ0v) is 11.1. The molecule has 2 heterocycles. The van der Waals surface area contributed by atoms with Crippen molar-refractivity contribution in [2.45, 2.75) is 37.9 Å². The highest BCUT2D eigenvalue weighted by Gasteiger charge is 2.38. The van der Waals surface area contributed by atoms with Gasteiger partial charge < -0.3 is 14.7 Å². The molecule has 0 saturated carbocycles. The minimum absolute atomic E-state index is 0.0282. The Balaban J connectivity index is 1.94. The lowest BCUT2D eigenvalue weighted by atomic mass is 9.87. The number of nitrogens with zero attached hydrogens (tertiary/aromatic N) is 1. The van der Waals surface area contributed by atoms with Crippen LogP contribution >= 0.6 is 0 Å². The molecule has 19 heavy (non-hydrogen) atoms. The number of aliphatic hydroxyl groups is 1. The van der Waals surface area contributed by atoms with E-state index in [4.69, 9.17) is 4.74 Å². The normalized spacial score (nSPS) is 30.2. The fraction of sp³-hybridized carbons (Fsp3) is 0.533. The monoisotopic (exact) mass is 261 g/mol. The van der Waals surface area contributed by atoms with Crippen molar-refractivity contribution < 1.29 is 14.6 Å². The van der Waals surface area contributed by atoms with Crippen molar-refractivity contribution in [3.8, 4) is 0 Å². The number of para-hydroxylation sites is 1. The molecule has 1 aromatic carbocycles. The second-order valence-electron chi connectivity index (χ2n) is 5.53. The van der Waals surface area contributed by atoms with Gasteiger partial charge in [0.1, 0.15) is 6.10 Å². The summed E-state index contributed by atoms with van der Waals surface area (Å²) in [5.74, 6) is 0.0282. The van der Waals surface area contributed by atoms with Gasteiger partial charge in [-0.15, -0.1) is 0 Å². The van der Waals surface area contributed by atoms with E-state index < -0.39 is 5.60 Å². The van der Waals surface area contributed by atoms with Crippen LogP contribution < -0.4 is 4.90 Å². The highest BCUT2D eigenvalue weighted by molar-refractivity contribution is 5.98. The molecule has 0 radical (unpaired) electrons. The second kappa shape index (κ2) is 4.62. The summed E-state index contributed by atoms with van der Waals surface area (Å²) in [5.41, 5.74) is 0.788. The van der Waals surface area contributed by atoms with E-state index in [0.717, 1.165) is 24.1 Å². The molecule has 4 heteroatoms. The zero-order valence-electron chi connectivity index (χ0n) is 11.1.